The summed E-state index contributed by atoms with van der Waals surface area (Å²) in [6, 6.07) is 3.96. The van der Waals surface area contributed by atoms with Gasteiger partial charge in [0.1, 0.15) is 11.5 Å². The molecule has 0 unspecified atom stereocenters. The van der Waals surface area contributed by atoms with Crippen molar-refractivity contribution in [3.8, 4) is 0 Å². The van der Waals surface area contributed by atoms with Gasteiger partial charge in [-0.2, -0.15) is 18.2 Å². The monoisotopic (exact) mass is 420 g/mol. The minimum absolute atomic E-state index is 0.158. The van der Waals surface area contributed by atoms with Crippen molar-refractivity contribution >= 4 is 17.7 Å². The van der Waals surface area contributed by atoms with E-state index in [1.54, 1.807) is 4.90 Å². The van der Waals surface area contributed by atoms with E-state index in [9.17, 15) is 18.0 Å². The topological polar surface area (TPSA) is 65.5 Å². The number of amides is 1. The second kappa shape index (κ2) is 8.08. The number of aromatic nitrogens is 3. The fraction of sp³-hybridized carbons (Fsp3) is 0.500. The summed E-state index contributed by atoms with van der Waals surface area (Å²) in [6.45, 7) is 5.98. The molecule has 2 aromatic heterocycles. The maximum absolute atomic E-state index is 12.7. The van der Waals surface area contributed by atoms with Crippen LogP contribution in [0.3, 0.4) is 0 Å². The second-order valence-electron chi connectivity index (χ2n) is 7.57. The number of nitrogens with zero attached hydrogens (tertiary/aromatic N) is 6. The quantitative estimate of drug-likeness (QED) is 0.761. The van der Waals surface area contributed by atoms with Gasteiger partial charge < -0.3 is 14.7 Å². The lowest BCUT2D eigenvalue weighted by molar-refractivity contribution is -0.141. The van der Waals surface area contributed by atoms with Gasteiger partial charge in [0, 0.05) is 57.2 Å². The molecule has 1 amide bonds. The van der Waals surface area contributed by atoms with Crippen LogP contribution in [-0.2, 0) is 6.18 Å². The summed E-state index contributed by atoms with van der Waals surface area (Å²) in [5.74, 6) is 1.28. The molecule has 4 heterocycles. The van der Waals surface area contributed by atoms with Crippen molar-refractivity contribution in [2.75, 3.05) is 49.1 Å². The van der Waals surface area contributed by atoms with Crippen LogP contribution >= 0.6 is 0 Å². The molecule has 0 saturated carbocycles. The van der Waals surface area contributed by atoms with Gasteiger partial charge in [-0.05, 0) is 31.9 Å². The van der Waals surface area contributed by atoms with E-state index in [1.165, 1.54) is 6.07 Å². The Hall–Kier alpha value is -2.91. The van der Waals surface area contributed by atoms with Crippen LogP contribution in [0.25, 0.3) is 0 Å². The largest absolute Gasteiger partial charge is 0.433 e. The zero-order chi connectivity index (χ0) is 21.3. The minimum Gasteiger partial charge on any atom is -0.353 e. The fourth-order valence-corrected chi connectivity index (χ4v) is 3.77. The molecule has 0 atom stereocenters. The van der Waals surface area contributed by atoms with E-state index in [2.05, 4.69) is 19.8 Å². The highest BCUT2D eigenvalue weighted by Crippen LogP contribution is 2.27. The first-order valence-electron chi connectivity index (χ1n) is 9.99. The zero-order valence-electron chi connectivity index (χ0n) is 16.7. The molecule has 0 bridgehead atoms. The van der Waals surface area contributed by atoms with Crippen LogP contribution < -0.4 is 9.80 Å². The van der Waals surface area contributed by atoms with Crippen LogP contribution in [0.15, 0.2) is 24.4 Å². The van der Waals surface area contributed by atoms with E-state index in [0.717, 1.165) is 55.7 Å². The average Bonchev–Trinajstić information content (AvgIpc) is 3.27. The van der Waals surface area contributed by atoms with Crippen LogP contribution in [0.2, 0.25) is 0 Å². The van der Waals surface area contributed by atoms with E-state index in [1.807, 2.05) is 13.0 Å². The first-order valence-corrected chi connectivity index (χ1v) is 9.99. The maximum atomic E-state index is 12.7. The summed E-state index contributed by atoms with van der Waals surface area (Å²) < 4.78 is 38.0. The van der Waals surface area contributed by atoms with E-state index in [4.69, 9.17) is 4.98 Å². The predicted octanol–water partition coefficient (Wildman–Crippen LogP) is 2.76. The Balaban J connectivity index is 1.41. The standard InChI is InChI=1S/C20H23F3N6O/c1-14-12-17(26-19(25-14)29-6-2-3-7-29)27-8-10-28(11-9-27)18(30)15-4-5-16(24-13-15)20(21,22)23/h4-5,12-13H,2-3,6-11H2,1H3. The number of hydrogen-bond acceptors (Lipinski definition) is 6. The Labute approximate surface area is 172 Å². The number of rotatable bonds is 3. The summed E-state index contributed by atoms with van der Waals surface area (Å²) in [7, 11) is 0. The Kier molecular flexibility index (Phi) is 5.48. The molecule has 160 valence electrons. The number of halogens is 3. The molecule has 2 saturated heterocycles. The van der Waals surface area contributed by atoms with Gasteiger partial charge in [-0.25, -0.2) is 4.98 Å². The molecular formula is C20H23F3N6O. The molecule has 4 rings (SSSR count). The first-order chi connectivity index (χ1) is 14.3. The lowest BCUT2D eigenvalue weighted by atomic mass is 10.2. The van der Waals surface area contributed by atoms with Crippen molar-refractivity contribution in [3.63, 3.8) is 0 Å². The Bertz CT molecular complexity index is 904. The molecule has 2 aromatic rings. The van der Waals surface area contributed by atoms with Crippen molar-refractivity contribution in [2.24, 2.45) is 0 Å². The third-order valence-electron chi connectivity index (χ3n) is 5.41. The van der Waals surface area contributed by atoms with Gasteiger partial charge in [0.15, 0.2) is 0 Å². The molecule has 0 radical (unpaired) electrons. The summed E-state index contributed by atoms with van der Waals surface area (Å²) in [5, 5.41) is 0. The SMILES string of the molecule is Cc1cc(N2CCN(C(=O)c3ccc(C(F)(F)F)nc3)CC2)nc(N2CCCC2)n1. The van der Waals surface area contributed by atoms with E-state index < -0.39 is 11.9 Å². The summed E-state index contributed by atoms with van der Waals surface area (Å²) in [4.78, 5) is 31.2. The van der Waals surface area contributed by atoms with Gasteiger partial charge in [-0.3, -0.25) is 9.78 Å². The molecule has 7 nitrogen and oxygen atoms in total. The summed E-state index contributed by atoms with van der Waals surface area (Å²) in [5.41, 5.74) is 0.0543. The summed E-state index contributed by atoms with van der Waals surface area (Å²) >= 11 is 0. The number of pyridine rings is 1. The van der Waals surface area contributed by atoms with Crippen LogP contribution in [0.4, 0.5) is 24.9 Å². The van der Waals surface area contributed by atoms with Crippen molar-refractivity contribution in [1.82, 2.24) is 19.9 Å². The Morgan fingerprint density at radius 2 is 1.67 bits per heavy atom. The van der Waals surface area contributed by atoms with Gasteiger partial charge >= 0.3 is 6.18 Å². The number of piperazine rings is 1. The number of hydrogen-bond donors (Lipinski definition) is 0. The first kappa shape index (κ1) is 20.4. The van der Waals surface area contributed by atoms with Crippen LogP contribution in [0.1, 0.15) is 34.6 Å². The predicted molar refractivity (Wildman–Crippen MR) is 106 cm³/mol. The smallest absolute Gasteiger partial charge is 0.353 e. The molecule has 0 aliphatic carbocycles. The Morgan fingerprint density at radius 1 is 0.967 bits per heavy atom. The van der Waals surface area contributed by atoms with Gasteiger partial charge in [0.05, 0.1) is 5.56 Å². The van der Waals surface area contributed by atoms with Gasteiger partial charge in [0.2, 0.25) is 5.95 Å². The van der Waals surface area contributed by atoms with Crippen LogP contribution in [0, 0.1) is 6.92 Å². The number of alkyl halides is 3. The third kappa shape index (κ3) is 4.31. The number of carbonyl (C=O) groups is 1. The molecule has 10 heteroatoms. The van der Waals surface area contributed by atoms with Crippen LogP contribution in [0.5, 0.6) is 0 Å². The number of aryl methyl sites for hydroxylation is 1. The summed E-state index contributed by atoms with van der Waals surface area (Å²) in [6.07, 6.45) is -1.23. The second-order valence-corrected chi connectivity index (χ2v) is 7.57. The van der Waals surface area contributed by atoms with Gasteiger partial charge in [0.25, 0.3) is 5.91 Å². The highest BCUT2D eigenvalue weighted by atomic mass is 19.4. The van der Waals surface area contributed by atoms with Crippen molar-refractivity contribution in [1.29, 1.82) is 0 Å². The highest BCUT2D eigenvalue weighted by Gasteiger charge is 2.32. The third-order valence-corrected chi connectivity index (χ3v) is 5.41. The normalized spacial score (nSPS) is 17.5. The minimum atomic E-state index is -4.52. The molecule has 0 spiro atoms. The van der Waals surface area contributed by atoms with Crippen LogP contribution in [-0.4, -0.2) is 65.0 Å². The van der Waals surface area contributed by atoms with E-state index in [-0.39, 0.29) is 11.5 Å². The molecule has 0 N–H and O–H groups in total. The van der Waals surface area contributed by atoms with Crippen molar-refractivity contribution in [2.45, 2.75) is 25.9 Å². The zero-order valence-corrected chi connectivity index (χ0v) is 16.7. The highest BCUT2D eigenvalue weighted by molar-refractivity contribution is 5.94. The molecule has 2 fully saturated rings. The van der Waals surface area contributed by atoms with Gasteiger partial charge in [-0.15, -0.1) is 0 Å². The lowest BCUT2D eigenvalue weighted by Crippen LogP contribution is -2.49. The van der Waals surface area contributed by atoms with Crippen molar-refractivity contribution < 1.29 is 18.0 Å². The van der Waals surface area contributed by atoms with Crippen molar-refractivity contribution in [3.05, 3.63) is 41.3 Å². The molecular weight excluding hydrogens is 397 g/mol. The molecule has 0 aromatic carbocycles. The molecule has 2 aliphatic heterocycles. The number of anilines is 2. The molecule has 30 heavy (non-hydrogen) atoms. The number of carbonyl (C=O) groups excluding carboxylic acids is 1. The van der Waals surface area contributed by atoms with E-state index in [0.29, 0.717) is 26.2 Å². The maximum Gasteiger partial charge on any atom is 0.433 e. The lowest BCUT2D eigenvalue weighted by Gasteiger charge is -2.35. The fourth-order valence-electron chi connectivity index (χ4n) is 3.77. The van der Waals surface area contributed by atoms with Gasteiger partial charge in [-0.1, -0.05) is 0 Å². The molecule has 2 aliphatic rings. The Morgan fingerprint density at radius 3 is 2.27 bits per heavy atom. The van der Waals surface area contributed by atoms with E-state index >= 15 is 0 Å². The average molecular weight is 420 g/mol.